The van der Waals surface area contributed by atoms with Gasteiger partial charge in [0.15, 0.2) is 5.96 Å². The average Bonchev–Trinajstić information content (AvgIpc) is 3.13. The van der Waals surface area contributed by atoms with Crippen LogP contribution in [-0.2, 0) is 9.47 Å². The first kappa shape index (κ1) is 25.3. The molecule has 2 saturated heterocycles. The first-order chi connectivity index (χ1) is 12.7. The van der Waals surface area contributed by atoms with Crippen molar-refractivity contribution in [2.24, 2.45) is 10.9 Å². The molecule has 8 heteroatoms. The summed E-state index contributed by atoms with van der Waals surface area (Å²) in [5.74, 6) is 4.02. The maximum atomic E-state index is 5.70. The van der Waals surface area contributed by atoms with Crippen LogP contribution in [0.3, 0.4) is 0 Å². The van der Waals surface area contributed by atoms with Gasteiger partial charge >= 0.3 is 0 Å². The van der Waals surface area contributed by atoms with Crippen molar-refractivity contribution in [2.75, 3.05) is 70.7 Å². The lowest BCUT2D eigenvalue weighted by Gasteiger charge is -2.42. The van der Waals surface area contributed by atoms with E-state index in [1.54, 1.807) is 0 Å². The first-order valence-corrected chi connectivity index (χ1v) is 11.3. The van der Waals surface area contributed by atoms with E-state index >= 15 is 0 Å². The molecule has 2 rings (SSSR count). The molecule has 0 aliphatic carbocycles. The molecule has 0 spiro atoms. The third-order valence-electron chi connectivity index (χ3n) is 5.02. The Labute approximate surface area is 187 Å². The maximum Gasteiger partial charge on any atom is 0.191 e. The van der Waals surface area contributed by atoms with Gasteiger partial charge in [-0.2, -0.15) is 11.8 Å². The molecule has 0 bridgehead atoms. The first-order valence-electron chi connectivity index (χ1n) is 10.2. The monoisotopic (exact) mass is 514 g/mol. The van der Waals surface area contributed by atoms with E-state index in [-0.39, 0.29) is 29.5 Å². The molecule has 2 heterocycles. The van der Waals surface area contributed by atoms with E-state index in [1.165, 1.54) is 17.9 Å². The van der Waals surface area contributed by atoms with Gasteiger partial charge in [-0.3, -0.25) is 9.89 Å². The highest BCUT2D eigenvalue weighted by Crippen LogP contribution is 2.34. The molecule has 0 aromatic carbocycles. The standard InChI is InChI=1S/C19H38N4O2S.HI/c1-4-20-18(21-7-11-24-10-5-17(2)3)22-15-19(6-14-26-16-19)23-8-12-25-13-9-23;/h17H,4-16H2,1-3H3,(H2,20,21,22);1H. The van der Waals surface area contributed by atoms with Gasteiger partial charge in [0.1, 0.15) is 0 Å². The van der Waals surface area contributed by atoms with Crippen LogP contribution in [0, 0.1) is 5.92 Å². The second-order valence-electron chi connectivity index (χ2n) is 7.54. The smallest absolute Gasteiger partial charge is 0.191 e. The second-order valence-corrected chi connectivity index (χ2v) is 8.65. The Hall–Kier alpha value is 0.230. The van der Waals surface area contributed by atoms with Crippen LogP contribution in [0.15, 0.2) is 4.99 Å². The summed E-state index contributed by atoms with van der Waals surface area (Å²) in [4.78, 5) is 7.54. The van der Waals surface area contributed by atoms with Gasteiger partial charge in [0, 0.05) is 38.5 Å². The second kappa shape index (κ2) is 14.3. The number of hydrogen-bond donors (Lipinski definition) is 2. The highest BCUT2D eigenvalue weighted by atomic mass is 127. The maximum absolute atomic E-state index is 5.70. The van der Waals surface area contributed by atoms with Gasteiger partial charge in [0.05, 0.1) is 31.9 Å². The van der Waals surface area contributed by atoms with E-state index in [9.17, 15) is 0 Å². The molecule has 1 atom stereocenters. The third kappa shape index (κ3) is 9.06. The molecule has 2 N–H and O–H groups in total. The Balaban J connectivity index is 0.00000364. The van der Waals surface area contributed by atoms with Crippen molar-refractivity contribution < 1.29 is 9.47 Å². The molecular formula is C19H39IN4O2S. The molecule has 0 saturated carbocycles. The number of rotatable bonds is 10. The largest absolute Gasteiger partial charge is 0.380 e. The summed E-state index contributed by atoms with van der Waals surface area (Å²) in [5.41, 5.74) is 0.199. The summed E-state index contributed by atoms with van der Waals surface area (Å²) in [6, 6.07) is 0. The van der Waals surface area contributed by atoms with Gasteiger partial charge in [-0.25, -0.2) is 0 Å². The van der Waals surface area contributed by atoms with Gasteiger partial charge in [0.2, 0.25) is 0 Å². The normalized spacial score (nSPS) is 24.1. The van der Waals surface area contributed by atoms with Gasteiger partial charge in [0.25, 0.3) is 0 Å². The molecule has 0 aromatic rings. The molecule has 2 aliphatic rings. The fourth-order valence-electron chi connectivity index (χ4n) is 3.34. The number of ether oxygens (including phenoxy) is 2. The van der Waals surface area contributed by atoms with Crippen molar-refractivity contribution >= 4 is 41.7 Å². The molecule has 2 aliphatic heterocycles. The summed E-state index contributed by atoms with van der Waals surface area (Å²) in [6.45, 7) is 14.4. The Morgan fingerprint density at radius 1 is 1.26 bits per heavy atom. The lowest BCUT2D eigenvalue weighted by atomic mass is 9.96. The van der Waals surface area contributed by atoms with Crippen molar-refractivity contribution in [1.29, 1.82) is 0 Å². The molecule has 2 fully saturated rings. The highest BCUT2D eigenvalue weighted by molar-refractivity contribution is 14.0. The van der Waals surface area contributed by atoms with Gasteiger partial charge in [-0.05, 0) is 31.4 Å². The predicted molar refractivity (Wildman–Crippen MR) is 127 cm³/mol. The van der Waals surface area contributed by atoms with Crippen molar-refractivity contribution in [3.05, 3.63) is 0 Å². The number of morpholine rings is 1. The fourth-order valence-corrected chi connectivity index (χ4v) is 4.81. The quantitative estimate of drug-likeness (QED) is 0.202. The lowest BCUT2D eigenvalue weighted by Crippen LogP contribution is -2.56. The van der Waals surface area contributed by atoms with E-state index < -0.39 is 0 Å². The van der Waals surface area contributed by atoms with E-state index in [0.29, 0.717) is 5.92 Å². The van der Waals surface area contributed by atoms with E-state index in [4.69, 9.17) is 14.5 Å². The molecule has 0 aromatic heterocycles. The van der Waals surface area contributed by atoms with Crippen LogP contribution >= 0.6 is 35.7 Å². The molecule has 6 nitrogen and oxygen atoms in total. The number of aliphatic imine (C=N–C) groups is 1. The Bertz CT molecular complexity index is 415. The Morgan fingerprint density at radius 2 is 2.04 bits per heavy atom. The Morgan fingerprint density at radius 3 is 2.67 bits per heavy atom. The van der Waals surface area contributed by atoms with Crippen molar-refractivity contribution in [1.82, 2.24) is 15.5 Å². The van der Waals surface area contributed by atoms with Crippen molar-refractivity contribution in [3.8, 4) is 0 Å². The summed E-state index contributed by atoms with van der Waals surface area (Å²) >= 11 is 2.06. The van der Waals surface area contributed by atoms with Crippen LogP contribution in [0.4, 0.5) is 0 Å². The zero-order chi connectivity index (χ0) is 18.7. The third-order valence-corrected chi connectivity index (χ3v) is 6.25. The number of thioether (sulfide) groups is 1. The molecule has 160 valence electrons. The number of hydrogen-bond acceptors (Lipinski definition) is 5. The molecule has 0 amide bonds. The number of guanidine groups is 1. The topological polar surface area (TPSA) is 58.1 Å². The van der Waals surface area contributed by atoms with Crippen LogP contribution in [-0.4, -0.2) is 87.1 Å². The van der Waals surface area contributed by atoms with Crippen molar-refractivity contribution in [3.63, 3.8) is 0 Å². The molecule has 0 radical (unpaired) electrons. The fraction of sp³-hybridized carbons (Fsp3) is 0.947. The van der Waals surface area contributed by atoms with Gasteiger partial charge in [-0.1, -0.05) is 13.8 Å². The molecular weight excluding hydrogens is 475 g/mol. The minimum Gasteiger partial charge on any atom is -0.380 e. The van der Waals surface area contributed by atoms with Crippen LogP contribution in [0.5, 0.6) is 0 Å². The minimum atomic E-state index is 0. The summed E-state index contributed by atoms with van der Waals surface area (Å²) in [5, 5.41) is 6.79. The zero-order valence-electron chi connectivity index (χ0n) is 17.3. The van der Waals surface area contributed by atoms with Gasteiger partial charge in [-0.15, -0.1) is 24.0 Å². The summed E-state index contributed by atoms with van der Waals surface area (Å²) in [7, 11) is 0. The molecule has 27 heavy (non-hydrogen) atoms. The van der Waals surface area contributed by atoms with E-state index in [0.717, 1.165) is 71.5 Å². The van der Waals surface area contributed by atoms with Crippen LogP contribution < -0.4 is 10.6 Å². The average molecular weight is 515 g/mol. The van der Waals surface area contributed by atoms with Crippen molar-refractivity contribution in [2.45, 2.75) is 39.2 Å². The summed E-state index contributed by atoms with van der Waals surface area (Å²) in [6.07, 6.45) is 2.34. The van der Waals surface area contributed by atoms with Crippen LogP contribution in [0.25, 0.3) is 0 Å². The zero-order valence-corrected chi connectivity index (χ0v) is 20.4. The van der Waals surface area contributed by atoms with E-state index in [1.807, 2.05) is 0 Å². The van der Waals surface area contributed by atoms with Gasteiger partial charge < -0.3 is 20.1 Å². The van der Waals surface area contributed by atoms with Crippen LogP contribution in [0.2, 0.25) is 0 Å². The van der Waals surface area contributed by atoms with E-state index in [2.05, 4.69) is 48.1 Å². The number of nitrogens with one attached hydrogen (secondary N) is 2. The predicted octanol–water partition coefficient (Wildman–Crippen LogP) is 2.43. The lowest BCUT2D eigenvalue weighted by molar-refractivity contribution is -0.0104. The van der Waals surface area contributed by atoms with Crippen LogP contribution in [0.1, 0.15) is 33.6 Å². The molecule has 1 unspecified atom stereocenters. The SMILES string of the molecule is CCNC(=NCC1(N2CCOCC2)CCSC1)NCCOCCC(C)C.I. The minimum absolute atomic E-state index is 0. The summed E-state index contributed by atoms with van der Waals surface area (Å²) < 4.78 is 11.2. The number of halogens is 1. The Kier molecular flexibility index (Phi) is 13.3. The highest BCUT2D eigenvalue weighted by Gasteiger charge is 2.40. The number of nitrogens with zero attached hydrogens (tertiary/aromatic N) is 2.